The highest BCUT2D eigenvalue weighted by Crippen LogP contribution is 2.35. The van der Waals surface area contributed by atoms with Crippen LogP contribution in [0, 0.1) is 11.7 Å². The van der Waals surface area contributed by atoms with Crippen molar-refractivity contribution in [3.05, 3.63) is 82.7 Å². The highest BCUT2D eigenvalue weighted by atomic mass is 32.2. The van der Waals surface area contributed by atoms with E-state index in [1.165, 1.54) is 22.9 Å². The molecule has 4 heterocycles. The third kappa shape index (κ3) is 3.37. The Morgan fingerprint density at radius 1 is 1.06 bits per heavy atom. The van der Waals surface area contributed by atoms with Crippen molar-refractivity contribution in [1.29, 1.82) is 0 Å². The molecule has 1 amide bonds. The molecule has 8 nitrogen and oxygen atoms in total. The molecule has 34 heavy (non-hydrogen) atoms. The van der Waals surface area contributed by atoms with Gasteiger partial charge in [-0.15, -0.1) is 0 Å². The van der Waals surface area contributed by atoms with Crippen LogP contribution in [0.2, 0.25) is 0 Å². The first-order valence-electron chi connectivity index (χ1n) is 10.8. The molecule has 3 aliphatic rings. The lowest BCUT2D eigenvalue weighted by molar-refractivity contribution is -0.0492. The summed E-state index contributed by atoms with van der Waals surface area (Å²) in [5, 5.41) is 5.56. The first kappa shape index (κ1) is 21.2. The van der Waals surface area contributed by atoms with Crippen molar-refractivity contribution < 1.29 is 27.1 Å². The molecule has 1 aromatic heterocycles. The van der Waals surface area contributed by atoms with Crippen molar-refractivity contribution >= 4 is 15.9 Å². The molecule has 174 valence electrons. The monoisotopic (exact) mass is 481 g/mol. The Hall–Kier alpha value is -3.34. The maximum Gasteiger partial charge on any atom is 0.288 e. The molecule has 10 heteroatoms. The first-order valence-corrected chi connectivity index (χ1v) is 12.3. The smallest absolute Gasteiger partial charge is 0.288 e. The first-order chi connectivity index (χ1) is 16.4. The van der Waals surface area contributed by atoms with Gasteiger partial charge in [-0.05, 0) is 47.5 Å². The minimum absolute atomic E-state index is 0.0200. The summed E-state index contributed by atoms with van der Waals surface area (Å²) in [6, 6.07) is 12.5. The number of carbonyl (C=O) groups excluding carboxylic acids is 1. The highest BCUT2D eigenvalue weighted by Gasteiger charge is 2.44. The molecule has 0 N–H and O–H groups in total. The van der Waals surface area contributed by atoms with Gasteiger partial charge in [0.25, 0.3) is 15.9 Å². The lowest BCUT2D eigenvalue weighted by Crippen LogP contribution is -2.49. The predicted molar refractivity (Wildman–Crippen MR) is 120 cm³/mol. The second-order valence-electron chi connectivity index (χ2n) is 8.50. The fraction of sp³-hybridized carbons (Fsp3) is 0.250. The number of sulfonamides is 1. The van der Waals surface area contributed by atoms with Crippen molar-refractivity contribution in [2.45, 2.75) is 19.3 Å². The fourth-order valence-electron chi connectivity index (χ4n) is 4.56. The van der Waals surface area contributed by atoms with Crippen LogP contribution in [-0.4, -0.2) is 47.7 Å². The van der Waals surface area contributed by atoms with Crippen LogP contribution in [0.25, 0.3) is 16.9 Å². The van der Waals surface area contributed by atoms with E-state index in [0.29, 0.717) is 37.8 Å². The maximum absolute atomic E-state index is 13.6. The topological polar surface area (TPSA) is 90.7 Å². The molecule has 0 saturated carbocycles. The van der Waals surface area contributed by atoms with Gasteiger partial charge < -0.3 is 9.47 Å². The predicted octanol–water partition coefficient (Wildman–Crippen LogP) is 3.02. The largest absolute Gasteiger partial charge is 0.381 e. The number of ether oxygens (including phenoxy) is 2. The average molecular weight is 482 g/mol. The van der Waals surface area contributed by atoms with Gasteiger partial charge >= 0.3 is 0 Å². The molecule has 3 aromatic rings. The number of rotatable bonds is 4. The SMILES string of the molecule is O=C(c1cc(-c2cccc3c2COC3)n(-c2ccc(F)cc2)n1)N1[C@@H](C2COC2)C=CS1(=O)=O. The second kappa shape index (κ2) is 7.86. The lowest BCUT2D eigenvalue weighted by Gasteiger charge is -2.34. The molecule has 1 saturated heterocycles. The van der Waals surface area contributed by atoms with Gasteiger partial charge in [-0.1, -0.05) is 18.2 Å². The summed E-state index contributed by atoms with van der Waals surface area (Å²) in [5.74, 6) is -1.21. The lowest BCUT2D eigenvalue weighted by atomic mass is 9.98. The molecule has 2 aromatic carbocycles. The van der Waals surface area contributed by atoms with Crippen molar-refractivity contribution in [2.24, 2.45) is 5.92 Å². The van der Waals surface area contributed by atoms with Crippen molar-refractivity contribution in [3.8, 4) is 16.9 Å². The minimum atomic E-state index is -3.92. The van der Waals surface area contributed by atoms with Crippen LogP contribution in [0.3, 0.4) is 0 Å². The summed E-state index contributed by atoms with van der Waals surface area (Å²) in [6.07, 6.45) is 1.53. The van der Waals surface area contributed by atoms with Crippen LogP contribution in [0.1, 0.15) is 21.6 Å². The molecule has 0 aliphatic carbocycles. The summed E-state index contributed by atoms with van der Waals surface area (Å²) < 4.78 is 52.3. The van der Waals surface area contributed by atoms with Gasteiger partial charge in [-0.2, -0.15) is 5.10 Å². The molecule has 0 unspecified atom stereocenters. The highest BCUT2D eigenvalue weighted by molar-refractivity contribution is 7.92. The van der Waals surface area contributed by atoms with E-state index in [1.54, 1.807) is 18.2 Å². The number of nitrogens with zero attached hydrogens (tertiary/aromatic N) is 3. The minimum Gasteiger partial charge on any atom is -0.381 e. The molecule has 3 aliphatic heterocycles. The Morgan fingerprint density at radius 3 is 2.59 bits per heavy atom. The Bertz CT molecular complexity index is 1430. The number of halogens is 1. The van der Waals surface area contributed by atoms with Crippen LogP contribution in [0.4, 0.5) is 4.39 Å². The van der Waals surface area contributed by atoms with E-state index in [2.05, 4.69) is 5.10 Å². The Kier molecular flexibility index (Phi) is 4.91. The summed E-state index contributed by atoms with van der Waals surface area (Å²) in [6.45, 7) is 1.68. The van der Waals surface area contributed by atoms with Gasteiger partial charge in [0.1, 0.15) is 5.82 Å². The van der Waals surface area contributed by atoms with E-state index >= 15 is 0 Å². The van der Waals surface area contributed by atoms with Gasteiger partial charge in [0.05, 0.1) is 43.9 Å². The molecule has 0 radical (unpaired) electrons. The van der Waals surface area contributed by atoms with Crippen molar-refractivity contribution in [1.82, 2.24) is 14.1 Å². The van der Waals surface area contributed by atoms with E-state index in [-0.39, 0.29) is 11.6 Å². The zero-order valence-corrected chi connectivity index (χ0v) is 18.7. The van der Waals surface area contributed by atoms with E-state index < -0.39 is 27.8 Å². The molecular weight excluding hydrogens is 461 g/mol. The number of aromatic nitrogens is 2. The number of hydrogen-bond donors (Lipinski definition) is 0. The standard InChI is InChI=1S/C24H20FN3O5S/c25-17-4-6-18(7-5-17)27-23(19-3-1-2-15-11-33-14-20(15)19)10-21(26-27)24(29)28-22(16-12-32-13-16)8-9-34(28,30)31/h1-10,16,22H,11-14H2/t22-/m1/s1. The van der Waals surface area contributed by atoms with E-state index in [1.807, 2.05) is 18.2 Å². The van der Waals surface area contributed by atoms with E-state index in [4.69, 9.17) is 9.47 Å². The molecule has 1 fully saturated rings. The maximum atomic E-state index is 13.6. The van der Waals surface area contributed by atoms with E-state index in [0.717, 1.165) is 26.4 Å². The van der Waals surface area contributed by atoms with Crippen LogP contribution in [0.5, 0.6) is 0 Å². The third-order valence-electron chi connectivity index (χ3n) is 6.39. The summed E-state index contributed by atoms with van der Waals surface area (Å²) >= 11 is 0. The van der Waals surface area contributed by atoms with Crippen LogP contribution in [0.15, 0.2) is 60.0 Å². The van der Waals surface area contributed by atoms with E-state index in [9.17, 15) is 17.6 Å². The van der Waals surface area contributed by atoms with Crippen LogP contribution < -0.4 is 0 Å². The Labute approximate surface area is 195 Å². The van der Waals surface area contributed by atoms with Crippen LogP contribution >= 0.6 is 0 Å². The number of benzene rings is 2. The molecule has 6 rings (SSSR count). The van der Waals surface area contributed by atoms with Gasteiger partial charge in [-0.25, -0.2) is 21.8 Å². The summed E-state index contributed by atoms with van der Waals surface area (Å²) in [7, 11) is -3.92. The quantitative estimate of drug-likeness (QED) is 0.569. The summed E-state index contributed by atoms with van der Waals surface area (Å²) in [5.41, 5.74) is 3.94. The van der Waals surface area contributed by atoms with Gasteiger partial charge in [0.15, 0.2) is 5.69 Å². The van der Waals surface area contributed by atoms with Crippen molar-refractivity contribution in [3.63, 3.8) is 0 Å². The normalized spacial score (nSPS) is 21.0. The van der Waals surface area contributed by atoms with Gasteiger partial charge in [0, 0.05) is 16.9 Å². The Balaban J connectivity index is 1.48. The molecule has 0 bridgehead atoms. The average Bonchev–Trinajstić information content (AvgIpc) is 3.50. The zero-order valence-electron chi connectivity index (χ0n) is 17.9. The number of amides is 1. The second-order valence-corrected chi connectivity index (χ2v) is 10.2. The van der Waals surface area contributed by atoms with Gasteiger partial charge in [-0.3, -0.25) is 4.79 Å². The van der Waals surface area contributed by atoms with Gasteiger partial charge in [0.2, 0.25) is 0 Å². The van der Waals surface area contributed by atoms with Crippen molar-refractivity contribution in [2.75, 3.05) is 13.2 Å². The zero-order chi connectivity index (χ0) is 23.4. The summed E-state index contributed by atoms with van der Waals surface area (Å²) in [4.78, 5) is 13.5. The number of fused-ring (bicyclic) bond motifs is 1. The van der Waals surface area contributed by atoms with Crippen LogP contribution in [-0.2, 0) is 32.7 Å². The third-order valence-corrected chi connectivity index (χ3v) is 7.85. The number of carbonyl (C=O) groups is 1. The Morgan fingerprint density at radius 2 is 1.85 bits per heavy atom. The molecule has 0 spiro atoms. The number of hydrogen-bond acceptors (Lipinski definition) is 6. The molecular formula is C24H20FN3O5S. The fourth-order valence-corrected chi connectivity index (χ4v) is 5.95. The molecule has 1 atom stereocenters.